The zero-order chi connectivity index (χ0) is 28.9. The van der Waals surface area contributed by atoms with Gasteiger partial charge in [-0.05, 0) is 43.4 Å². The molecular formula is C33H58F2N2O3. The van der Waals surface area contributed by atoms with Crippen LogP contribution in [0.2, 0.25) is 0 Å². The third kappa shape index (κ3) is 10.4. The molecule has 2 fully saturated rings. The van der Waals surface area contributed by atoms with Crippen molar-refractivity contribution < 1.29 is 28.2 Å². The second kappa shape index (κ2) is 18.1. The molecule has 5 nitrogen and oxygen atoms in total. The molecule has 2 aliphatic heterocycles. The molecule has 0 aliphatic carbocycles. The van der Waals surface area contributed by atoms with E-state index in [0.29, 0.717) is 19.7 Å². The van der Waals surface area contributed by atoms with Crippen LogP contribution in [0.3, 0.4) is 0 Å². The molecule has 0 aromatic heterocycles. The van der Waals surface area contributed by atoms with Crippen LogP contribution in [0.15, 0.2) is 24.3 Å². The summed E-state index contributed by atoms with van der Waals surface area (Å²) in [7, 11) is 0. The lowest BCUT2D eigenvalue weighted by Gasteiger charge is -2.39. The number of likely N-dealkylation sites (tertiary alicyclic amines) is 1. The van der Waals surface area contributed by atoms with E-state index in [1.165, 1.54) is 94.2 Å². The van der Waals surface area contributed by atoms with E-state index in [1.807, 2.05) is 19.9 Å². The van der Waals surface area contributed by atoms with E-state index in [9.17, 15) is 14.3 Å². The number of esters is 1. The summed E-state index contributed by atoms with van der Waals surface area (Å²) in [6.07, 6.45) is 11.1. The Labute approximate surface area is 243 Å². The largest absolute Gasteiger partial charge is 1.00 e. The van der Waals surface area contributed by atoms with Crippen molar-refractivity contribution in [3.8, 4) is 0 Å². The normalized spacial score (nSPS) is 22.4. The highest BCUT2D eigenvalue weighted by atomic mass is 19.1. The number of carbonyl (C=O) groups excluding carboxylic acids is 1. The summed E-state index contributed by atoms with van der Waals surface area (Å²) in [6, 6.07) is 6.23. The first-order valence-electron chi connectivity index (χ1n) is 15.8. The number of hydrogen-bond acceptors (Lipinski definition) is 4. The highest BCUT2D eigenvalue weighted by Gasteiger charge is 2.50. The number of benzene rings is 1. The van der Waals surface area contributed by atoms with Gasteiger partial charge in [0.15, 0.2) is 0 Å². The zero-order valence-electron chi connectivity index (χ0n) is 26.3. The number of rotatable bonds is 15. The lowest BCUT2D eigenvalue weighted by Crippen LogP contribution is -3.00. The Bertz CT molecular complexity index is 813. The average Bonchev–Trinajstić information content (AvgIpc) is 3.47. The van der Waals surface area contributed by atoms with Crippen LogP contribution in [0.5, 0.6) is 0 Å². The first-order valence-corrected chi connectivity index (χ1v) is 15.8. The minimum Gasteiger partial charge on any atom is -1.00 e. The summed E-state index contributed by atoms with van der Waals surface area (Å²) in [5, 5.41) is 9.69. The van der Waals surface area contributed by atoms with Crippen molar-refractivity contribution in [2.75, 3.05) is 52.5 Å². The predicted molar refractivity (Wildman–Crippen MR) is 159 cm³/mol. The van der Waals surface area contributed by atoms with Crippen molar-refractivity contribution in [2.24, 2.45) is 11.3 Å². The Morgan fingerprint density at radius 2 is 1.48 bits per heavy atom. The van der Waals surface area contributed by atoms with Gasteiger partial charge in [0.1, 0.15) is 11.9 Å². The van der Waals surface area contributed by atoms with E-state index < -0.39 is 0 Å². The van der Waals surface area contributed by atoms with E-state index in [-0.39, 0.29) is 46.4 Å². The fraction of sp³-hybridized carbons (Fsp3) is 0.788. The van der Waals surface area contributed by atoms with Gasteiger partial charge in [-0.1, -0.05) is 79.4 Å². The van der Waals surface area contributed by atoms with Crippen molar-refractivity contribution in [2.45, 2.75) is 105 Å². The van der Waals surface area contributed by atoms with Gasteiger partial charge in [-0.25, -0.2) is 4.39 Å². The minimum absolute atomic E-state index is 0. The molecule has 1 aromatic rings. The Kier molecular flexibility index (Phi) is 16.5. The van der Waals surface area contributed by atoms with Crippen LogP contribution < -0.4 is 4.70 Å². The smallest absolute Gasteiger partial charge is 0.324 e. The second-order valence-electron chi connectivity index (χ2n) is 12.7. The van der Waals surface area contributed by atoms with Gasteiger partial charge in [0, 0.05) is 36.9 Å². The van der Waals surface area contributed by atoms with Crippen LogP contribution in [0.1, 0.15) is 104 Å². The Morgan fingerprint density at radius 1 is 0.950 bits per heavy atom. The van der Waals surface area contributed by atoms with E-state index >= 15 is 0 Å². The van der Waals surface area contributed by atoms with Gasteiger partial charge in [-0.2, -0.15) is 0 Å². The maximum atomic E-state index is 13.5. The van der Waals surface area contributed by atoms with Gasteiger partial charge < -0.3 is 19.0 Å². The van der Waals surface area contributed by atoms with Gasteiger partial charge in [0.05, 0.1) is 32.8 Å². The molecule has 232 valence electrons. The topological polar surface area (TPSA) is 49.8 Å². The van der Waals surface area contributed by atoms with Crippen LogP contribution in [-0.2, 0) is 9.53 Å². The van der Waals surface area contributed by atoms with E-state index in [4.69, 9.17) is 4.74 Å². The van der Waals surface area contributed by atoms with Gasteiger partial charge in [0.2, 0.25) is 0 Å². The number of aliphatic hydroxyl groups is 1. The summed E-state index contributed by atoms with van der Waals surface area (Å²) in [5.41, 5.74) is 0.638. The predicted octanol–water partition coefficient (Wildman–Crippen LogP) is 3.79. The summed E-state index contributed by atoms with van der Waals surface area (Å²) < 4.78 is 20.1. The number of carbonyl (C=O) groups is 1. The number of nitrogens with zero attached hydrogens (tertiary/aromatic N) is 2. The maximum Gasteiger partial charge on any atom is 0.324 e. The lowest BCUT2D eigenvalue weighted by molar-refractivity contribution is -0.929. The summed E-state index contributed by atoms with van der Waals surface area (Å²) in [6.45, 7) is 20.8. The molecule has 2 aliphatic rings. The van der Waals surface area contributed by atoms with Crippen molar-refractivity contribution in [3.05, 3.63) is 35.6 Å². The molecule has 3 atom stereocenters. The van der Waals surface area contributed by atoms with Gasteiger partial charge >= 0.3 is 5.97 Å². The maximum absolute atomic E-state index is 13.5. The van der Waals surface area contributed by atoms with E-state index in [0.717, 1.165) is 5.56 Å². The summed E-state index contributed by atoms with van der Waals surface area (Å²) >= 11 is 0. The summed E-state index contributed by atoms with van der Waals surface area (Å²) in [5.74, 6) is -0.425. The number of hydrogen-bond donors (Lipinski definition) is 1. The number of quaternary nitrogens is 1. The molecule has 7 heteroatoms. The second-order valence-corrected chi connectivity index (χ2v) is 12.7. The van der Waals surface area contributed by atoms with Crippen LogP contribution in [0.25, 0.3) is 0 Å². The van der Waals surface area contributed by atoms with Gasteiger partial charge in [0.25, 0.3) is 0 Å². The third-order valence-corrected chi connectivity index (χ3v) is 8.84. The van der Waals surface area contributed by atoms with Crippen LogP contribution in [-0.4, -0.2) is 79.0 Å². The number of halogens is 2. The van der Waals surface area contributed by atoms with Crippen molar-refractivity contribution in [1.82, 2.24) is 4.90 Å². The highest BCUT2D eigenvalue weighted by molar-refractivity contribution is 5.79. The summed E-state index contributed by atoms with van der Waals surface area (Å²) in [4.78, 5) is 14.2. The molecular weight excluding hydrogens is 510 g/mol. The molecule has 0 unspecified atom stereocenters. The molecule has 1 aromatic carbocycles. The zero-order valence-corrected chi connectivity index (χ0v) is 26.3. The van der Waals surface area contributed by atoms with Crippen molar-refractivity contribution >= 4 is 5.97 Å². The molecule has 2 saturated heterocycles. The molecule has 1 N–H and O–H groups in total. The molecule has 40 heavy (non-hydrogen) atoms. The number of aliphatic hydroxyl groups excluding tert-OH is 1. The molecule has 2 heterocycles. The standard InChI is InChI=1S/C17H22FNO3.C16H36N.FH/c1-17(2)10-22-16(21)15(17)19-7-12(9-20)14(8-19)11-4-3-5-13(18)6-11;1-5-9-13-17(14-10-6-2,15-11-7-3)16-12-8-4;/h3-6,12,14-15,20H,7-10H2,1-2H3;5-16H2,1-4H3;1H/q;+1;/p-1/t12-,14-,15+;;/m1../s1. The average molecular weight is 569 g/mol. The Hall–Kier alpha value is -1.57. The van der Waals surface area contributed by atoms with Crippen molar-refractivity contribution in [1.29, 1.82) is 0 Å². The van der Waals surface area contributed by atoms with Gasteiger partial charge in [-0.3, -0.25) is 9.69 Å². The van der Waals surface area contributed by atoms with Gasteiger partial charge in [-0.15, -0.1) is 0 Å². The number of cyclic esters (lactones) is 1. The Balaban J connectivity index is 0.000000406. The first-order chi connectivity index (χ1) is 18.7. The monoisotopic (exact) mass is 568 g/mol. The minimum atomic E-state index is -0.292. The SMILES string of the molecule is CC1(C)COC(=O)[C@@H]1N1C[C@H](CO)[C@@H](c2cccc(F)c2)C1.CCCC[N+](CCCC)(CCCC)CCCC.[F-]. The number of ether oxygens (including phenoxy) is 1. The lowest BCUT2D eigenvalue weighted by atomic mass is 9.86. The molecule has 0 saturated carbocycles. The molecule has 3 rings (SSSR count). The van der Waals surface area contributed by atoms with E-state index in [2.05, 4.69) is 32.6 Å². The first kappa shape index (κ1) is 36.5. The Morgan fingerprint density at radius 3 is 1.88 bits per heavy atom. The van der Waals surface area contributed by atoms with Crippen LogP contribution in [0.4, 0.5) is 4.39 Å². The third-order valence-electron chi connectivity index (χ3n) is 8.84. The quantitative estimate of drug-likeness (QED) is 0.258. The fourth-order valence-corrected chi connectivity index (χ4v) is 6.44. The number of unbranched alkanes of at least 4 members (excludes halogenated alkanes) is 4. The van der Waals surface area contributed by atoms with Crippen LogP contribution >= 0.6 is 0 Å². The highest BCUT2D eigenvalue weighted by Crippen LogP contribution is 2.40. The molecule has 0 radical (unpaired) electrons. The van der Waals surface area contributed by atoms with E-state index in [1.54, 1.807) is 6.07 Å². The van der Waals surface area contributed by atoms with Crippen molar-refractivity contribution in [3.63, 3.8) is 0 Å². The molecule has 0 amide bonds. The molecule has 0 spiro atoms. The fourth-order valence-electron chi connectivity index (χ4n) is 6.44. The molecule has 0 bridgehead atoms. The van der Waals surface area contributed by atoms with Crippen LogP contribution in [0, 0.1) is 17.2 Å².